The molecule has 0 amide bonds. The molecule has 5 aromatic rings. The van der Waals surface area contributed by atoms with Crippen LogP contribution in [0.4, 0.5) is 24.0 Å². The lowest BCUT2D eigenvalue weighted by molar-refractivity contribution is -0.210. The first-order valence-corrected chi connectivity index (χ1v) is 27.2. The van der Waals surface area contributed by atoms with E-state index in [2.05, 4.69) is 34.2 Å². The summed E-state index contributed by atoms with van der Waals surface area (Å²) in [6, 6.07) is 18.9. The van der Waals surface area contributed by atoms with Crippen LogP contribution in [0.5, 0.6) is 57.5 Å². The van der Waals surface area contributed by atoms with Crippen LogP contribution in [0.1, 0.15) is 64.6 Å². The van der Waals surface area contributed by atoms with Gasteiger partial charge in [0, 0.05) is 17.8 Å². The van der Waals surface area contributed by atoms with E-state index in [1.165, 1.54) is 162 Å². The van der Waals surface area contributed by atoms with Gasteiger partial charge in [-0.1, -0.05) is 0 Å². The molecule has 5 rings (SSSR count). The molecule has 2 atom stereocenters. The SMILES string of the molecule is COc1ccc(C(=O)OOC(=O)OCCC(COC(=O)OOC(=O)c2ccc(OC)c(OC)c2)C(COC(=O)OOC(=O)c2ccc(OC)c(OC)c2)C(CCOC(=O)OOC(=O)c2ccc(OC)c(OC)c2)COC(=O)OOC(=O)c2ccc(OC)c(OC)c2)cc1OC. The lowest BCUT2D eigenvalue weighted by Gasteiger charge is -2.32. The van der Waals surface area contributed by atoms with Crippen LogP contribution in [-0.4, -0.2) is 165 Å². The van der Waals surface area contributed by atoms with Gasteiger partial charge in [-0.15, -0.1) is 0 Å². The third kappa shape index (κ3) is 22.3. The van der Waals surface area contributed by atoms with Crippen LogP contribution in [0, 0.1) is 17.8 Å². The lowest BCUT2D eigenvalue weighted by Crippen LogP contribution is -2.37. The van der Waals surface area contributed by atoms with Gasteiger partial charge in [-0.25, -0.2) is 72.8 Å². The molecule has 0 N–H and O–H groups in total. The van der Waals surface area contributed by atoms with Crippen LogP contribution in [0.25, 0.3) is 0 Å². The molecule has 0 aliphatic carbocycles. The highest BCUT2D eigenvalue weighted by Gasteiger charge is 2.36. The Hall–Kier alpha value is -12.2. The topological polar surface area (TPSA) is 401 Å². The standard InChI is InChI=1S/C60H62O35/c1-71-41-16-11-33(25-46(41)76-6)51(61)86-91-56(66)81-23-21-38(30-83-58(68)93-88-53(63)35-13-18-43(73-3)48(27-35)78-8)40(32-85-60(70)95-90-55(65)37-15-20-45(75-5)50(29-37)80-10)39(31-84-59(69)94-89-54(64)36-14-19-44(74-4)49(28-36)79-9)22-24-82-57(67)92-87-52(62)34-12-17-42(72-2)47(26-34)77-7/h11-20,25-29,38-40H,21-24,30-32H2,1-10H3. The predicted molar refractivity (Wildman–Crippen MR) is 307 cm³/mol. The summed E-state index contributed by atoms with van der Waals surface area (Å²) in [6.07, 6.45) is -9.55. The number of hydrogen-bond donors (Lipinski definition) is 0. The number of benzene rings is 5. The van der Waals surface area contributed by atoms with E-state index in [1.54, 1.807) is 0 Å². The van der Waals surface area contributed by atoms with E-state index in [9.17, 15) is 47.9 Å². The molecule has 512 valence electrons. The van der Waals surface area contributed by atoms with Gasteiger partial charge < -0.3 is 71.1 Å². The van der Waals surface area contributed by atoms with Crippen molar-refractivity contribution in [1.82, 2.24) is 0 Å². The molecule has 2 unspecified atom stereocenters. The maximum Gasteiger partial charge on any atom is 0.549 e. The molecule has 0 aromatic heterocycles. The predicted octanol–water partition coefficient (Wildman–Crippen LogP) is 8.33. The summed E-state index contributed by atoms with van der Waals surface area (Å²) in [5, 5.41) is 0. The van der Waals surface area contributed by atoms with E-state index in [0.717, 1.165) is 0 Å². The van der Waals surface area contributed by atoms with Crippen molar-refractivity contribution in [3.8, 4) is 57.5 Å². The number of carbonyl (C=O) groups excluding carboxylic acids is 10. The molecule has 95 heavy (non-hydrogen) atoms. The molecule has 0 heterocycles. The highest BCUT2D eigenvalue weighted by Crippen LogP contribution is 2.34. The quantitative estimate of drug-likeness (QED) is 0.0188. The van der Waals surface area contributed by atoms with Crippen LogP contribution in [-0.2, 0) is 72.6 Å². The second-order valence-electron chi connectivity index (χ2n) is 18.3. The Labute approximate surface area is 538 Å². The van der Waals surface area contributed by atoms with E-state index in [0.29, 0.717) is 0 Å². The molecular formula is C60H62O35. The van der Waals surface area contributed by atoms with E-state index in [1.807, 2.05) is 0 Å². The minimum atomic E-state index is -1.74. The van der Waals surface area contributed by atoms with Crippen LogP contribution in [0.3, 0.4) is 0 Å². The zero-order valence-corrected chi connectivity index (χ0v) is 52.1. The Bertz CT molecular complexity index is 3290. The summed E-state index contributed by atoms with van der Waals surface area (Å²) < 4.78 is 78.2. The zero-order chi connectivity index (χ0) is 69.4. The maximum absolute atomic E-state index is 13.4. The fourth-order valence-electron chi connectivity index (χ4n) is 8.14. The highest BCUT2D eigenvalue weighted by molar-refractivity contribution is 5.92. The summed E-state index contributed by atoms with van der Waals surface area (Å²) in [6.45, 7) is -4.43. The van der Waals surface area contributed by atoms with E-state index >= 15 is 0 Å². The average Bonchev–Trinajstić information content (AvgIpc) is 1.28. The first-order valence-electron chi connectivity index (χ1n) is 27.2. The second kappa shape index (κ2) is 37.8. The molecule has 0 radical (unpaired) electrons. The van der Waals surface area contributed by atoms with Gasteiger partial charge in [0.25, 0.3) is 0 Å². The summed E-state index contributed by atoms with van der Waals surface area (Å²) in [5.41, 5.74) is -0.970. The normalized spacial score (nSPS) is 11.2. The van der Waals surface area contributed by atoms with Crippen molar-refractivity contribution < 1.29 is 168 Å². The molecular weight excluding hydrogens is 1280 g/mol. The summed E-state index contributed by atoms with van der Waals surface area (Å²) in [4.78, 5) is 177. The van der Waals surface area contributed by atoms with Gasteiger partial charge in [-0.2, -0.15) is 24.0 Å². The van der Waals surface area contributed by atoms with Crippen LogP contribution >= 0.6 is 0 Å². The largest absolute Gasteiger partial charge is 0.549 e. The van der Waals surface area contributed by atoms with Crippen LogP contribution in [0.15, 0.2) is 91.0 Å². The van der Waals surface area contributed by atoms with Gasteiger partial charge in [-0.05, 0) is 104 Å². The molecule has 5 aromatic carbocycles. The van der Waals surface area contributed by atoms with Gasteiger partial charge in [0.05, 0.1) is 132 Å². The Morgan fingerprint density at radius 1 is 0.253 bits per heavy atom. The number of methoxy groups -OCH3 is 10. The van der Waals surface area contributed by atoms with Crippen molar-refractivity contribution in [2.24, 2.45) is 17.8 Å². The van der Waals surface area contributed by atoms with Gasteiger partial charge in [0.1, 0.15) is 0 Å². The van der Waals surface area contributed by atoms with Gasteiger partial charge in [-0.3, -0.25) is 0 Å². The van der Waals surface area contributed by atoms with Crippen molar-refractivity contribution >= 4 is 60.6 Å². The van der Waals surface area contributed by atoms with Crippen LogP contribution < -0.4 is 47.4 Å². The van der Waals surface area contributed by atoms with E-state index in [4.69, 9.17) is 85.7 Å². The van der Waals surface area contributed by atoms with Crippen molar-refractivity contribution in [2.75, 3.05) is 104 Å². The Morgan fingerprint density at radius 2 is 0.453 bits per heavy atom. The van der Waals surface area contributed by atoms with Gasteiger partial charge in [0.15, 0.2) is 57.5 Å². The Balaban J connectivity index is 1.46. The summed E-state index contributed by atoms with van der Waals surface area (Å²) >= 11 is 0. The summed E-state index contributed by atoms with van der Waals surface area (Å²) in [7, 11) is 13.1. The molecule has 0 fully saturated rings. The maximum atomic E-state index is 13.4. The molecule has 0 aliphatic heterocycles. The number of carbonyl (C=O) groups is 10. The van der Waals surface area contributed by atoms with Crippen molar-refractivity contribution in [2.45, 2.75) is 12.8 Å². The molecule has 0 spiro atoms. The average molecular weight is 1340 g/mol. The second-order valence-corrected chi connectivity index (χ2v) is 18.3. The van der Waals surface area contributed by atoms with Gasteiger partial charge in [0.2, 0.25) is 0 Å². The molecule has 0 saturated carbocycles. The first kappa shape index (κ1) is 73.5. The minimum Gasteiger partial charge on any atom is -0.493 e. The third-order valence-corrected chi connectivity index (χ3v) is 12.9. The van der Waals surface area contributed by atoms with Crippen molar-refractivity contribution in [3.63, 3.8) is 0 Å². The Kier molecular flexibility index (Phi) is 29.3. The van der Waals surface area contributed by atoms with E-state index in [-0.39, 0.29) is 85.3 Å². The lowest BCUT2D eigenvalue weighted by atomic mass is 9.79. The molecule has 35 nitrogen and oxygen atoms in total. The van der Waals surface area contributed by atoms with Gasteiger partial charge >= 0.3 is 60.6 Å². The fourth-order valence-corrected chi connectivity index (χ4v) is 8.14. The first-order chi connectivity index (χ1) is 45.8. The van der Waals surface area contributed by atoms with Crippen molar-refractivity contribution in [1.29, 1.82) is 0 Å². The highest BCUT2D eigenvalue weighted by atomic mass is 17.3. The molecule has 35 heteroatoms. The third-order valence-electron chi connectivity index (χ3n) is 12.9. The van der Waals surface area contributed by atoms with Crippen molar-refractivity contribution in [3.05, 3.63) is 119 Å². The number of hydrogen-bond acceptors (Lipinski definition) is 35. The minimum absolute atomic E-state index is 0.0783. The molecule has 0 bridgehead atoms. The summed E-state index contributed by atoms with van der Waals surface area (Å²) in [5.74, 6) is -8.96. The van der Waals surface area contributed by atoms with Crippen LogP contribution in [0.2, 0.25) is 0 Å². The molecule has 0 aliphatic rings. The fraction of sp³-hybridized carbons (Fsp3) is 0.333. The number of ether oxygens (including phenoxy) is 15. The number of rotatable bonds is 29. The Morgan fingerprint density at radius 3 is 0.663 bits per heavy atom. The monoisotopic (exact) mass is 1340 g/mol. The molecule has 0 saturated heterocycles. The smallest absolute Gasteiger partial charge is 0.493 e. The van der Waals surface area contributed by atoms with E-state index < -0.39 is 124 Å². The zero-order valence-electron chi connectivity index (χ0n) is 52.1.